The monoisotopic (exact) mass is 516 g/mol. The Hall–Kier alpha value is -3.32. The first-order valence-electron chi connectivity index (χ1n) is 12.5. The molecule has 0 bridgehead atoms. The molecule has 2 aliphatic rings. The molecule has 1 aromatic carbocycles. The first-order chi connectivity index (χ1) is 17.6. The second kappa shape index (κ2) is 11.0. The maximum Gasteiger partial charge on any atom is 0.573 e. The third kappa shape index (κ3) is 6.16. The van der Waals surface area contributed by atoms with Gasteiger partial charge in [0, 0.05) is 43.8 Å². The van der Waals surface area contributed by atoms with E-state index in [9.17, 15) is 23.2 Å². The number of piperazine rings is 1. The first kappa shape index (κ1) is 26.7. The largest absolute Gasteiger partial charge is 0.573 e. The number of pyridine rings is 1. The van der Waals surface area contributed by atoms with Gasteiger partial charge in [-0.3, -0.25) is 4.79 Å². The predicted molar refractivity (Wildman–Crippen MR) is 132 cm³/mol. The number of ether oxygens (including phenoxy) is 2. The number of para-hydroxylation sites is 1. The fraction of sp³-hybridized carbons (Fsp3) is 0.519. The molecule has 1 amide bonds. The fourth-order valence-electron chi connectivity index (χ4n) is 4.84. The Kier molecular flexibility index (Phi) is 7.93. The van der Waals surface area contributed by atoms with Crippen LogP contribution < -0.4 is 9.64 Å². The summed E-state index contributed by atoms with van der Waals surface area (Å²) in [6.45, 7) is 5.96. The third-order valence-corrected chi connectivity index (χ3v) is 6.85. The van der Waals surface area contributed by atoms with Crippen molar-refractivity contribution in [1.29, 1.82) is 5.26 Å². The van der Waals surface area contributed by atoms with Gasteiger partial charge in [0.25, 0.3) is 0 Å². The van der Waals surface area contributed by atoms with Crippen molar-refractivity contribution in [2.75, 3.05) is 38.3 Å². The van der Waals surface area contributed by atoms with E-state index in [1.54, 1.807) is 25.3 Å². The third-order valence-electron chi connectivity index (χ3n) is 6.85. The summed E-state index contributed by atoms with van der Waals surface area (Å²) in [5.41, 5.74) is 1.69. The number of aromatic nitrogens is 1. The molecule has 1 saturated heterocycles. The molecule has 37 heavy (non-hydrogen) atoms. The highest BCUT2D eigenvalue weighted by atomic mass is 19.4. The summed E-state index contributed by atoms with van der Waals surface area (Å²) in [6, 6.07) is 9.71. The van der Waals surface area contributed by atoms with Crippen LogP contribution in [0.1, 0.15) is 50.3 Å². The number of nitriles is 1. The average Bonchev–Trinajstić information content (AvgIpc) is 3.71. The van der Waals surface area contributed by atoms with E-state index in [-0.39, 0.29) is 40.7 Å². The summed E-state index contributed by atoms with van der Waals surface area (Å²) in [6.07, 6.45) is -2.77. The normalized spacial score (nSPS) is 18.2. The van der Waals surface area contributed by atoms with Gasteiger partial charge in [-0.05, 0) is 30.9 Å². The molecule has 198 valence electrons. The topological polar surface area (TPSA) is 78.7 Å². The number of amides is 1. The van der Waals surface area contributed by atoms with E-state index in [0.29, 0.717) is 49.7 Å². The molecule has 1 aromatic heterocycles. The highest BCUT2D eigenvalue weighted by Crippen LogP contribution is 2.47. The quantitative estimate of drug-likeness (QED) is 0.486. The molecule has 1 aliphatic heterocycles. The summed E-state index contributed by atoms with van der Waals surface area (Å²) in [4.78, 5) is 21.6. The molecule has 0 N–H and O–H groups in total. The van der Waals surface area contributed by atoms with E-state index in [1.807, 2.05) is 9.80 Å². The van der Waals surface area contributed by atoms with E-state index >= 15 is 0 Å². The van der Waals surface area contributed by atoms with Crippen LogP contribution in [0.25, 0.3) is 11.1 Å². The molecule has 2 fully saturated rings. The number of halogens is 3. The van der Waals surface area contributed by atoms with Crippen molar-refractivity contribution in [2.24, 2.45) is 5.92 Å². The van der Waals surface area contributed by atoms with Crippen LogP contribution in [0.4, 0.5) is 19.0 Å². The molecule has 0 radical (unpaired) electrons. The SMILES string of the molecule is COCCC(=O)N1CCN(c2nc(C3CC3)c(-c3ccccc3OC(F)(F)F)cc2C#N)CC1C(C)C. The average molecular weight is 517 g/mol. The number of nitrogens with zero attached hydrogens (tertiary/aromatic N) is 4. The van der Waals surface area contributed by atoms with Crippen LogP contribution in [0, 0.1) is 17.2 Å². The van der Waals surface area contributed by atoms with Crippen LogP contribution >= 0.6 is 0 Å². The molecule has 4 rings (SSSR count). The molecule has 2 aromatic rings. The van der Waals surface area contributed by atoms with Gasteiger partial charge in [0.1, 0.15) is 17.6 Å². The lowest BCUT2D eigenvalue weighted by atomic mass is 9.96. The highest BCUT2D eigenvalue weighted by Gasteiger charge is 2.37. The summed E-state index contributed by atoms with van der Waals surface area (Å²) >= 11 is 0. The lowest BCUT2D eigenvalue weighted by Crippen LogP contribution is -2.57. The van der Waals surface area contributed by atoms with Gasteiger partial charge in [0.15, 0.2) is 0 Å². The Morgan fingerprint density at radius 1 is 1.22 bits per heavy atom. The molecule has 1 saturated carbocycles. The molecule has 1 unspecified atom stereocenters. The van der Waals surface area contributed by atoms with Crippen LogP contribution in [0.15, 0.2) is 30.3 Å². The number of hydrogen-bond acceptors (Lipinski definition) is 6. The summed E-state index contributed by atoms with van der Waals surface area (Å²) in [5.74, 6) is 0.506. The van der Waals surface area contributed by atoms with E-state index in [1.165, 1.54) is 12.1 Å². The second-order valence-corrected chi connectivity index (χ2v) is 9.81. The Labute approximate surface area is 214 Å². The zero-order chi connectivity index (χ0) is 26.7. The van der Waals surface area contributed by atoms with Crippen molar-refractivity contribution in [3.8, 4) is 22.9 Å². The maximum atomic E-state index is 13.1. The maximum absolute atomic E-state index is 13.1. The predicted octanol–water partition coefficient (Wildman–Crippen LogP) is 5.11. The fourth-order valence-corrected chi connectivity index (χ4v) is 4.84. The van der Waals surface area contributed by atoms with Gasteiger partial charge in [0.05, 0.1) is 30.3 Å². The van der Waals surface area contributed by atoms with Gasteiger partial charge in [0.2, 0.25) is 5.91 Å². The van der Waals surface area contributed by atoms with E-state index in [4.69, 9.17) is 9.72 Å². The number of alkyl halides is 3. The minimum atomic E-state index is -4.84. The van der Waals surface area contributed by atoms with Crippen molar-refractivity contribution >= 4 is 11.7 Å². The molecule has 1 atom stereocenters. The lowest BCUT2D eigenvalue weighted by molar-refractivity contribution is -0.274. The zero-order valence-electron chi connectivity index (χ0n) is 21.2. The van der Waals surface area contributed by atoms with Crippen LogP contribution in [0.2, 0.25) is 0 Å². The van der Waals surface area contributed by atoms with Crippen molar-refractivity contribution in [2.45, 2.75) is 51.4 Å². The van der Waals surface area contributed by atoms with Crippen LogP contribution in [-0.2, 0) is 9.53 Å². The van der Waals surface area contributed by atoms with Crippen LogP contribution in [-0.4, -0.2) is 61.5 Å². The van der Waals surface area contributed by atoms with Crippen molar-refractivity contribution in [3.05, 3.63) is 41.6 Å². The number of rotatable bonds is 8. The molecule has 0 spiro atoms. The van der Waals surface area contributed by atoms with Crippen LogP contribution in [0.3, 0.4) is 0 Å². The molecule has 10 heteroatoms. The van der Waals surface area contributed by atoms with Gasteiger partial charge in [-0.2, -0.15) is 5.26 Å². The number of hydrogen-bond donors (Lipinski definition) is 0. The van der Waals surface area contributed by atoms with Gasteiger partial charge in [-0.15, -0.1) is 13.2 Å². The molecular formula is C27H31F3N4O3. The summed E-state index contributed by atoms with van der Waals surface area (Å²) in [7, 11) is 1.56. The lowest BCUT2D eigenvalue weighted by Gasteiger charge is -2.44. The number of benzene rings is 1. The standard InChI is InChI=1S/C27H31F3N4O3/c1-17(2)22-16-33(11-12-34(22)24(35)10-13-36-3)26-19(15-31)14-21(25(32-26)18-8-9-18)20-6-4-5-7-23(20)37-27(28,29)30/h4-7,14,17-18,22H,8-13,16H2,1-3H3. The highest BCUT2D eigenvalue weighted by molar-refractivity contribution is 5.78. The number of methoxy groups -OCH3 is 1. The van der Waals surface area contributed by atoms with Crippen molar-refractivity contribution in [3.63, 3.8) is 0 Å². The van der Waals surface area contributed by atoms with Crippen molar-refractivity contribution < 1.29 is 27.4 Å². The van der Waals surface area contributed by atoms with Gasteiger partial charge >= 0.3 is 6.36 Å². The van der Waals surface area contributed by atoms with Gasteiger partial charge < -0.3 is 19.3 Å². The smallest absolute Gasteiger partial charge is 0.405 e. The first-order valence-corrected chi connectivity index (χ1v) is 12.5. The van der Waals surface area contributed by atoms with Crippen LogP contribution in [0.5, 0.6) is 5.75 Å². The molecule has 1 aliphatic carbocycles. The Morgan fingerprint density at radius 2 is 1.95 bits per heavy atom. The number of anilines is 1. The zero-order valence-corrected chi connectivity index (χ0v) is 21.2. The summed E-state index contributed by atoms with van der Waals surface area (Å²) in [5, 5.41) is 10.0. The van der Waals surface area contributed by atoms with E-state index in [2.05, 4.69) is 24.7 Å². The van der Waals surface area contributed by atoms with E-state index < -0.39 is 6.36 Å². The summed E-state index contributed by atoms with van der Waals surface area (Å²) < 4.78 is 48.6. The van der Waals surface area contributed by atoms with Crippen molar-refractivity contribution in [1.82, 2.24) is 9.88 Å². The Morgan fingerprint density at radius 3 is 2.57 bits per heavy atom. The van der Waals surface area contributed by atoms with Gasteiger partial charge in [-0.25, -0.2) is 4.98 Å². The van der Waals surface area contributed by atoms with Gasteiger partial charge in [-0.1, -0.05) is 32.0 Å². The number of carbonyl (C=O) groups is 1. The Balaban J connectivity index is 1.71. The number of carbonyl (C=O) groups excluding carboxylic acids is 1. The van der Waals surface area contributed by atoms with E-state index in [0.717, 1.165) is 12.8 Å². The molecular weight excluding hydrogens is 485 g/mol. The molecule has 2 heterocycles. The minimum absolute atomic E-state index is 0.0314. The second-order valence-electron chi connectivity index (χ2n) is 9.81. The molecule has 7 nitrogen and oxygen atoms in total. The Bertz CT molecular complexity index is 1170. The minimum Gasteiger partial charge on any atom is -0.405 e.